The van der Waals surface area contributed by atoms with Gasteiger partial charge in [-0.05, 0) is 31.2 Å². The van der Waals surface area contributed by atoms with Crippen LogP contribution in [0.15, 0.2) is 34.9 Å². The third-order valence-electron chi connectivity index (χ3n) is 4.47. The fraction of sp³-hybridized carbons (Fsp3) is 0.333. The monoisotopic (exact) mass is 400 g/mol. The highest BCUT2D eigenvalue weighted by Gasteiger charge is 2.24. The van der Waals surface area contributed by atoms with Crippen LogP contribution < -0.4 is 5.32 Å². The first-order chi connectivity index (χ1) is 13.6. The Morgan fingerprint density at radius 2 is 2.07 bits per heavy atom. The van der Waals surface area contributed by atoms with E-state index in [2.05, 4.69) is 25.4 Å². The first-order valence-electron chi connectivity index (χ1n) is 8.93. The average Bonchev–Trinajstić information content (AvgIpc) is 3.44. The molecule has 4 rings (SSSR count). The molecule has 0 spiro atoms. The number of nitrogens with one attached hydrogen (secondary N) is 2. The summed E-state index contributed by atoms with van der Waals surface area (Å²) in [5.41, 5.74) is 0. The van der Waals surface area contributed by atoms with E-state index >= 15 is 0 Å². The van der Waals surface area contributed by atoms with Crippen molar-refractivity contribution in [2.45, 2.75) is 13.5 Å². The standard InChI is InChI=1S/C18H20N6O3S/c1-12-19-15(22-21-12)11-23-6-8-24(9-7-23)18(26)14-4-5-16(28-14)20-17(25)13-3-2-10-27-13/h2-5,10H,6-9,11H2,1H3,(H,20,25)(H,19,21,22). The molecular formula is C18H20N6O3S. The molecule has 0 aromatic carbocycles. The van der Waals surface area contributed by atoms with E-state index in [1.807, 2.05) is 11.8 Å². The van der Waals surface area contributed by atoms with Crippen LogP contribution in [0.5, 0.6) is 0 Å². The maximum Gasteiger partial charge on any atom is 0.291 e. The second-order valence-corrected chi connectivity index (χ2v) is 7.58. The van der Waals surface area contributed by atoms with E-state index in [0.717, 1.165) is 24.7 Å². The summed E-state index contributed by atoms with van der Waals surface area (Å²) in [4.78, 5) is 33.8. The molecule has 0 atom stereocenters. The van der Waals surface area contributed by atoms with Gasteiger partial charge in [0, 0.05) is 26.2 Å². The number of hydrogen-bond donors (Lipinski definition) is 2. The highest BCUT2D eigenvalue weighted by atomic mass is 32.1. The zero-order chi connectivity index (χ0) is 19.5. The van der Waals surface area contributed by atoms with Gasteiger partial charge < -0.3 is 14.6 Å². The Hall–Kier alpha value is -2.98. The fourth-order valence-corrected chi connectivity index (χ4v) is 3.90. The molecule has 10 heteroatoms. The van der Waals surface area contributed by atoms with Crippen molar-refractivity contribution in [3.63, 3.8) is 0 Å². The van der Waals surface area contributed by atoms with E-state index in [9.17, 15) is 9.59 Å². The molecule has 9 nitrogen and oxygen atoms in total. The molecule has 0 aliphatic carbocycles. The van der Waals surface area contributed by atoms with Crippen LogP contribution in [0.25, 0.3) is 0 Å². The number of amides is 2. The Morgan fingerprint density at radius 1 is 1.25 bits per heavy atom. The number of carbonyl (C=O) groups excluding carboxylic acids is 2. The molecular weight excluding hydrogens is 380 g/mol. The number of hydrogen-bond acceptors (Lipinski definition) is 7. The first kappa shape index (κ1) is 18.4. The van der Waals surface area contributed by atoms with Gasteiger partial charge in [0.2, 0.25) is 0 Å². The summed E-state index contributed by atoms with van der Waals surface area (Å²) in [5.74, 6) is 1.46. The summed E-state index contributed by atoms with van der Waals surface area (Å²) < 4.78 is 5.07. The zero-order valence-corrected chi connectivity index (χ0v) is 16.2. The van der Waals surface area contributed by atoms with E-state index < -0.39 is 0 Å². The van der Waals surface area contributed by atoms with Gasteiger partial charge in [-0.2, -0.15) is 5.10 Å². The molecule has 1 aliphatic rings. The molecule has 3 aromatic rings. The van der Waals surface area contributed by atoms with Crippen molar-refractivity contribution >= 4 is 28.2 Å². The van der Waals surface area contributed by atoms with Gasteiger partial charge in [0.15, 0.2) is 11.6 Å². The maximum atomic E-state index is 12.8. The zero-order valence-electron chi connectivity index (χ0n) is 15.3. The number of rotatable bonds is 5. The fourth-order valence-electron chi connectivity index (χ4n) is 3.03. The number of anilines is 1. The number of aryl methyl sites for hydroxylation is 1. The maximum absolute atomic E-state index is 12.8. The van der Waals surface area contributed by atoms with E-state index in [4.69, 9.17) is 4.42 Å². The molecule has 1 aliphatic heterocycles. The summed E-state index contributed by atoms with van der Waals surface area (Å²) >= 11 is 1.26. The number of aromatic nitrogens is 3. The van der Waals surface area contributed by atoms with Crippen molar-refractivity contribution in [1.82, 2.24) is 25.0 Å². The number of thiophene rings is 1. The minimum absolute atomic E-state index is 0.0168. The molecule has 0 saturated carbocycles. The summed E-state index contributed by atoms with van der Waals surface area (Å²) in [5, 5.41) is 10.4. The average molecular weight is 400 g/mol. The van der Waals surface area contributed by atoms with Crippen LogP contribution >= 0.6 is 11.3 Å². The van der Waals surface area contributed by atoms with Gasteiger partial charge in [0.05, 0.1) is 22.7 Å². The molecule has 4 heterocycles. The Bertz CT molecular complexity index is 956. The normalized spacial score (nSPS) is 15.0. The van der Waals surface area contributed by atoms with Crippen LogP contribution in [0.4, 0.5) is 5.00 Å². The largest absolute Gasteiger partial charge is 0.459 e. The predicted octanol–water partition coefficient (Wildman–Crippen LogP) is 1.98. The van der Waals surface area contributed by atoms with Crippen molar-refractivity contribution < 1.29 is 14.0 Å². The Balaban J connectivity index is 1.30. The molecule has 1 saturated heterocycles. The molecule has 0 bridgehead atoms. The quantitative estimate of drug-likeness (QED) is 0.678. The van der Waals surface area contributed by atoms with Crippen LogP contribution in [0.2, 0.25) is 0 Å². The van der Waals surface area contributed by atoms with Crippen LogP contribution in [0.1, 0.15) is 31.9 Å². The second-order valence-electron chi connectivity index (χ2n) is 6.50. The molecule has 28 heavy (non-hydrogen) atoms. The second kappa shape index (κ2) is 7.95. The van der Waals surface area contributed by atoms with Gasteiger partial charge in [-0.25, -0.2) is 4.98 Å². The summed E-state index contributed by atoms with van der Waals surface area (Å²) in [7, 11) is 0. The van der Waals surface area contributed by atoms with Crippen LogP contribution in [-0.2, 0) is 6.54 Å². The van der Waals surface area contributed by atoms with Crippen molar-refractivity contribution in [3.8, 4) is 0 Å². The number of H-pyrrole nitrogens is 1. The first-order valence-corrected chi connectivity index (χ1v) is 9.74. The van der Waals surface area contributed by atoms with Crippen molar-refractivity contribution in [2.75, 3.05) is 31.5 Å². The van der Waals surface area contributed by atoms with Gasteiger partial charge in [0.1, 0.15) is 5.82 Å². The number of piperazine rings is 1. The Kier molecular flexibility index (Phi) is 5.22. The minimum Gasteiger partial charge on any atom is -0.459 e. The molecule has 1 fully saturated rings. The molecule has 2 amide bonds. The van der Waals surface area contributed by atoms with Crippen molar-refractivity contribution in [1.29, 1.82) is 0 Å². The SMILES string of the molecule is Cc1nc(CN2CCN(C(=O)c3ccc(NC(=O)c4ccco4)s3)CC2)n[nH]1. The lowest BCUT2D eigenvalue weighted by Crippen LogP contribution is -2.48. The molecule has 146 valence electrons. The third-order valence-corrected chi connectivity index (χ3v) is 5.46. The van der Waals surface area contributed by atoms with Gasteiger partial charge in [-0.15, -0.1) is 11.3 Å². The van der Waals surface area contributed by atoms with Gasteiger partial charge >= 0.3 is 0 Å². The summed E-state index contributed by atoms with van der Waals surface area (Å²) in [6.07, 6.45) is 1.45. The summed E-state index contributed by atoms with van der Waals surface area (Å²) in [6.45, 7) is 5.38. The predicted molar refractivity (Wildman–Crippen MR) is 103 cm³/mol. The Morgan fingerprint density at radius 3 is 2.75 bits per heavy atom. The highest BCUT2D eigenvalue weighted by Crippen LogP contribution is 2.24. The number of aromatic amines is 1. The number of nitrogens with zero attached hydrogens (tertiary/aromatic N) is 4. The van der Waals surface area contributed by atoms with Gasteiger partial charge in [0.25, 0.3) is 11.8 Å². The highest BCUT2D eigenvalue weighted by molar-refractivity contribution is 7.18. The molecule has 0 radical (unpaired) electrons. The van der Waals surface area contributed by atoms with Crippen molar-refractivity contribution in [2.24, 2.45) is 0 Å². The molecule has 0 unspecified atom stereocenters. The topological polar surface area (TPSA) is 107 Å². The lowest BCUT2D eigenvalue weighted by molar-refractivity contribution is 0.0630. The van der Waals surface area contributed by atoms with E-state index in [1.165, 1.54) is 17.6 Å². The molecule has 2 N–H and O–H groups in total. The van der Waals surface area contributed by atoms with E-state index in [1.54, 1.807) is 24.3 Å². The minimum atomic E-state index is -0.332. The van der Waals surface area contributed by atoms with Crippen LogP contribution in [0.3, 0.4) is 0 Å². The number of carbonyl (C=O) groups is 2. The number of furan rings is 1. The molecule has 3 aromatic heterocycles. The summed E-state index contributed by atoms with van der Waals surface area (Å²) in [6, 6.07) is 6.73. The van der Waals surface area contributed by atoms with Crippen LogP contribution in [0, 0.1) is 6.92 Å². The van der Waals surface area contributed by atoms with E-state index in [0.29, 0.717) is 29.5 Å². The van der Waals surface area contributed by atoms with E-state index in [-0.39, 0.29) is 17.6 Å². The van der Waals surface area contributed by atoms with Gasteiger partial charge in [-0.3, -0.25) is 19.6 Å². The van der Waals surface area contributed by atoms with Gasteiger partial charge in [-0.1, -0.05) is 0 Å². The lowest BCUT2D eigenvalue weighted by atomic mass is 10.3. The van der Waals surface area contributed by atoms with Crippen molar-refractivity contribution in [3.05, 3.63) is 52.8 Å². The lowest BCUT2D eigenvalue weighted by Gasteiger charge is -2.33. The van der Waals surface area contributed by atoms with Crippen LogP contribution in [-0.4, -0.2) is 63.0 Å². The Labute approximate surface area is 165 Å². The third kappa shape index (κ3) is 4.12. The smallest absolute Gasteiger partial charge is 0.291 e.